The number of ether oxygens (including phenoxy) is 2. The molecule has 5 N–H and O–H groups in total. The van der Waals surface area contributed by atoms with Gasteiger partial charge in [0.25, 0.3) is 0 Å². The maximum Gasteiger partial charge on any atom is 0.310 e. The summed E-state index contributed by atoms with van der Waals surface area (Å²) in [6, 6.07) is 10.5. The van der Waals surface area contributed by atoms with E-state index < -0.39 is 34.7 Å². The first-order valence-electron chi connectivity index (χ1n) is 10.3. The highest BCUT2D eigenvalue weighted by Crippen LogP contribution is 2.26. The molecule has 13 heteroatoms. The quantitative estimate of drug-likeness (QED) is 0.133. The average Bonchev–Trinajstić information content (AvgIpc) is 2.87. The van der Waals surface area contributed by atoms with E-state index in [-0.39, 0.29) is 52.2 Å². The van der Waals surface area contributed by atoms with Crippen LogP contribution in [0.1, 0.15) is 27.5 Å². The first-order chi connectivity index (χ1) is 17.3. The van der Waals surface area contributed by atoms with Crippen LogP contribution in [-0.2, 0) is 0 Å². The average molecular weight is 498 g/mol. The minimum Gasteiger partial charge on any atom is -0.492 e. The third kappa shape index (κ3) is 4.88. The van der Waals surface area contributed by atoms with Gasteiger partial charge in [-0.3, -0.25) is 29.6 Å². The van der Waals surface area contributed by atoms with Crippen LogP contribution >= 0.6 is 0 Å². The number of hydrogen-bond donors (Lipinski definition) is 5. The number of benzene rings is 2. The summed E-state index contributed by atoms with van der Waals surface area (Å²) >= 11 is 0. The second-order valence-corrected chi connectivity index (χ2v) is 7.30. The van der Waals surface area contributed by atoms with Crippen LogP contribution < -0.4 is 31.3 Å². The maximum atomic E-state index is 12.5. The lowest BCUT2D eigenvalue weighted by atomic mass is 10.2. The molecule has 2 amide bonds. The van der Waals surface area contributed by atoms with Crippen molar-refractivity contribution in [1.82, 2.24) is 11.0 Å². The molecule has 4 rings (SSSR count). The van der Waals surface area contributed by atoms with Crippen LogP contribution in [0.25, 0.3) is 21.9 Å². The Balaban J connectivity index is 1.48. The Kier molecular flexibility index (Phi) is 6.96. The van der Waals surface area contributed by atoms with E-state index in [9.17, 15) is 24.3 Å². The Labute approximate surface area is 200 Å². The fourth-order valence-electron chi connectivity index (χ4n) is 3.38. The molecule has 186 valence electrons. The summed E-state index contributed by atoms with van der Waals surface area (Å²) in [5, 5.41) is 27.8. The zero-order valence-corrected chi connectivity index (χ0v) is 18.2. The summed E-state index contributed by atoms with van der Waals surface area (Å²) in [5.74, 6) is -2.68. The molecule has 1 atom stereocenters. The summed E-state index contributed by atoms with van der Waals surface area (Å²) in [7, 11) is 0. The number of carbonyl (C=O) groups excluding carboxylic acids is 2. The zero-order valence-electron chi connectivity index (χ0n) is 18.2. The Bertz CT molecular complexity index is 1570. The Morgan fingerprint density at radius 1 is 0.833 bits per heavy atom. The molecule has 1 unspecified atom stereocenters. The van der Waals surface area contributed by atoms with Crippen LogP contribution in [-0.4, -0.2) is 40.2 Å². The number of amides is 2. The van der Waals surface area contributed by atoms with Gasteiger partial charge in [-0.1, -0.05) is 12.1 Å². The SMILES string of the molecule is O=C(NO)c1cc(=O)c2c(OCCC(O)Oc3cccc4oc(C(=O)NO)cc(=O)c34)cccc2o1. The first-order valence-corrected chi connectivity index (χ1v) is 10.3. The van der Waals surface area contributed by atoms with Gasteiger partial charge in [0.15, 0.2) is 22.4 Å². The lowest BCUT2D eigenvalue weighted by molar-refractivity contribution is -0.0296. The predicted molar refractivity (Wildman–Crippen MR) is 120 cm³/mol. The van der Waals surface area contributed by atoms with Crippen molar-refractivity contribution >= 4 is 33.8 Å². The van der Waals surface area contributed by atoms with Crippen molar-refractivity contribution in [2.75, 3.05) is 6.61 Å². The van der Waals surface area contributed by atoms with E-state index in [0.717, 1.165) is 12.1 Å². The van der Waals surface area contributed by atoms with Gasteiger partial charge in [-0.2, -0.15) is 0 Å². The molecule has 0 radical (unpaired) electrons. The van der Waals surface area contributed by atoms with Gasteiger partial charge in [-0.25, -0.2) is 11.0 Å². The second-order valence-electron chi connectivity index (χ2n) is 7.30. The highest BCUT2D eigenvalue weighted by Gasteiger charge is 2.18. The molecule has 0 aliphatic rings. The lowest BCUT2D eigenvalue weighted by Crippen LogP contribution is -2.22. The normalized spacial score (nSPS) is 11.8. The van der Waals surface area contributed by atoms with Crippen molar-refractivity contribution in [2.45, 2.75) is 12.7 Å². The van der Waals surface area contributed by atoms with Gasteiger partial charge in [-0.05, 0) is 24.3 Å². The molecule has 36 heavy (non-hydrogen) atoms. The van der Waals surface area contributed by atoms with Gasteiger partial charge in [0.05, 0.1) is 6.61 Å². The molecule has 13 nitrogen and oxygen atoms in total. The Morgan fingerprint density at radius 2 is 1.33 bits per heavy atom. The number of nitrogens with one attached hydrogen (secondary N) is 2. The van der Waals surface area contributed by atoms with Crippen LogP contribution in [0, 0.1) is 0 Å². The molecule has 0 aliphatic carbocycles. The van der Waals surface area contributed by atoms with Crippen molar-refractivity contribution in [3.8, 4) is 11.5 Å². The molecule has 0 saturated heterocycles. The van der Waals surface area contributed by atoms with Crippen LogP contribution in [0.5, 0.6) is 11.5 Å². The summed E-state index contributed by atoms with van der Waals surface area (Å²) in [6.07, 6.45) is -1.51. The van der Waals surface area contributed by atoms with Gasteiger partial charge >= 0.3 is 11.8 Å². The van der Waals surface area contributed by atoms with Gasteiger partial charge in [0.1, 0.15) is 33.4 Å². The fraction of sp³-hybridized carbons (Fsp3) is 0.130. The summed E-state index contributed by atoms with van der Waals surface area (Å²) < 4.78 is 21.7. The molecular formula is C23H18N2O11. The summed E-state index contributed by atoms with van der Waals surface area (Å²) in [5.41, 5.74) is 1.58. The number of aliphatic hydroxyl groups is 1. The Morgan fingerprint density at radius 3 is 1.86 bits per heavy atom. The first kappa shape index (κ1) is 24.4. The van der Waals surface area contributed by atoms with Gasteiger partial charge in [0, 0.05) is 18.6 Å². The molecule has 4 aromatic rings. The zero-order chi connectivity index (χ0) is 25.8. The standard InChI is InChI=1S/C23H18N2O11/c26-11-9-17(22(29)24-31)34-14-4-1-3-13(20(11)14)33-8-7-19(28)36-16-6-2-5-15-21(16)12(27)10-18(35-15)23(30)25-32/h1-6,9-10,19,28,31-32H,7-8H2,(H,24,29)(H,25,30). The number of carbonyl (C=O) groups is 2. The van der Waals surface area contributed by atoms with Crippen molar-refractivity contribution in [2.24, 2.45) is 0 Å². The molecular weight excluding hydrogens is 480 g/mol. The minimum atomic E-state index is -1.43. The van der Waals surface area contributed by atoms with Crippen molar-refractivity contribution in [3.63, 3.8) is 0 Å². The van der Waals surface area contributed by atoms with Crippen LogP contribution in [0.3, 0.4) is 0 Å². The van der Waals surface area contributed by atoms with E-state index in [2.05, 4.69) is 0 Å². The molecule has 2 aromatic carbocycles. The molecule has 2 heterocycles. The van der Waals surface area contributed by atoms with E-state index >= 15 is 0 Å². The molecule has 0 spiro atoms. The number of rotatable bonds is 8. The molecule has 0 bridgehead atoms. The van der Waals surface area contributed by atoms with Crippen molar-refractivity contribution in [1.29, 1.82) is 0 Å². The van der Waals surface area contributed by atoms with Crippen molar-refractivity contribution < 1.29 is 43.4 Å². The topological polar surface area (TPSA) is 198 Å². The van der Waals surface area contributed by atoms with Crippen LogP contribution in [0.15, 0.2) is 67.0 Å². The molecule has 2 aromatic heterocycles. The van der Waals surface area contributed by atoms with E-state index in [1.807, 2.05) is 0 Å². The second kappa shape index (κ2) is 10.3. The minimum absolute atomic E-state index is 0.00113. The molecule has 0 aliphatic heterocycles. The Hall–Kier alpha value is -4.72. The van der Waals surface area contributed by atoms with Gasteiger partial charge in [-0.15, -0.1) is 0 Å². The number of fused-ring (bicyclic) bond motifs is 2. The van der Waals surface area contributed by atoms with Crippen LogP contribution in [0.4, 0.5) is 0 Å². The third-order valence-corrected chi connectivity index (χ3v) is 4.97. The third-order valence-electron chi connectivity index (χ3n) is 4.97. The van der Waals surface area contributed by atoms with E-state index in [4.69, 9.17) is 28.7 Å². The summed E-state index contributed by atoms with van der Waals surface area (Å²) in [4.78, 5) is 48.0. The van der Waals surface area contributed by atoms with E-state index in [1.165, 1.54) is 47.4 Å². The maximum absolute atomic E-state index is 12.5. The van der Waals surface area contributed by atoms with Crippen LogP contribution in [0.2, 0.25) is 0 Å². The molecule has 0 fully saturated rings. The largest absolute Gasteiger partial charge is 0.492 e. The monoisotopic (exact) mass is 498 g/mol. The highest BCUT2D eigenvalue weighted by atomic mass is 16.6. The van der Waals surface area contributed by atoms with E-state index in [0.29, 0.717) is 0 Å². The van der Waals surface area contributed by atoms with Crippen molar-refractivity contribution in [3.05, 3.63) is 80.5 Å². The lowest BCUT2D eigenvalue weighted by Gasteiger charge is -2.15. The summed E-state index contributed by atoms with van der Waals surface area (Å²) in [6.45, 7) is -0.112. The number of hydroxylamine groups is 2. The molecule has 0 saturated carbocycles. The predicted octanol–water partition coefficient (Wildman–Crippen LogP) is 1.30. The smallest absolute Gasteiger partial charge is 0.310 e. The highest BCUT2D eigenvalue weighted by molar-refractivity contribution is 5.94. The number of aliphatic hydroxyl groups excluding tert-OH is 1. The number of hydrogen-bond acceptors (Lipinski definition) is 11. The van der Waals surface area contributed by atoms with Gasteiger partial charge in [0.2, 0.25) is 6.29 Å². The van der Waals surface area contributed by atoms with E-state index in [1.54, 1.807) is 0 Å². The fourth-order valence-corrected chi connectivity index (χ4v) is 3.38. The van der Waals surface area contributed by atoms with Gasteiger partial charge < -0.3 is 23.4 Å².